The van der Waals surface area contributed by atoms with Crippen molar-refractivity contribution in [3.05, 3.63) is 24.3 Å². The molecular weight excluding hydrogens is 264 g/mol. The van der Waals surface area contributed by atoms with Crippen molar-refractivity contribution in [1.82, 2.24) is 4.72 Å². The van der Waals surface area contributed by atoms with Crippen LogP contribution in [-0.4, -0.2) is 32.2 Å². The van der Waals surface area contributed by atoms with Crippen LogP contribution in [0.3, 0.4) is 0 Å². The van der Waals surface area contributed by atoms with Gasteiger partial charge >= 0.3 is 0 Å². The van der Waals surface area contributed by atoms with E-state index in [4.69, 9.17) is 5.11 Å². The molecule has 1 aromatic rings. The number of anilines is 1. The Labute approximate surface area is 114 Å². The van der Waals surface area contributed by atoms with Crippen LogP contribution in [0.2, 0.25) is 0 Å². The number of hydrogen-bond donors (Lipinski definition) is 3. The van der Waals surface area contributed by atoms with Crippen molar-refractivity contribution < 1.29 is 13.5 Å². The molecule has 1 aromatic carbocycles. The lowest BCUT2D eigenvalue weighted by molar-refractivity contribution is 0.189. The lowest BCUT2D eigenvalue weighted by atomic mass is 10.2. The van der Waals surface area contributed by atoms with Crippen LogP contribution in [-0.2, 0) is 10.0 Å². The third-order valence-electron chi connectivity index (χ3n) is 2.96. The zero-order valence-electron chi connectivity index (χ0n) is 11.0. The Kier molecular flexibility index (Phi) is 4.44. The second-order valence-corrected chi connectivity index (χ2v) is 6.70. The number of hydrogen-bond acceptors (Lipinski definition) is 4. The molecule has 0 amide bonds. The molecule has 1 atom stereocenters. The summed E-state index contributed by atoms with van der Waals surface area (Å²) in [6, 6.07) is 6.78. The molecule has 0 radical (unpaired) electrons. The van der Waals surface area contributed by atoms with E-state index < -0.39 is 10.0 Å². The molecule has 19 heavy (non-hydrogen) atoms. The fourth-order valence-electron chi connectivity index (χ4n) is 1.67. The molecule has 1 aliphatic rings. The van der Waals surface area contributed by atoms with Crippen molar-refractivity contribution in [3.8, 4) is 0 Å². The van der Waals surface area contributed by atoms with Gasteiger partial charge in [0.2, 0.25) is 10.0 Å². The Bertz CT molecular complexity index is 507. The van der Waals surface area contributed by atoms with Crippen molar-refractivity contribution in [1.29, 1.82) is 0 Å². The summed E-state index contributed by atoms with van der Waals surface area (Å²) in [6.45, 7) is 2.39. The number of sulfonamides is 1. The highest BCUT2D eigenvalue weighted by atomic mass is 32.2. The van der Waals surface area contributed by atoms with Crippen LogP contribution in [0, 0.1) is 0 Å². The minimum absolute atomic E-state index is 0.119. The maximum atomic E-state index is 11.9. The van der Waals surface area contributed by atoms with E-state index in [2.05, 4.69) is 10.0 Å². The first kappa shape index (κ1) is 14.3. The van der Waals surface area contributed by atoms with Gasteiger partial charge < -0.3 is 10.4 Å². The molecule has 6 heteroatoms. The summed E-state index contributed by atoms with van der Waals surface area (Å²) in [6.07, 6.45) is 2.18. The molecule has 1 fully saturated rings. The molecule has 0 saturated heterocycles. The van der Waals surface area contributed by atoms with Gasteiger partial charge in [-0.15, -0.1) is 0 Å². The van der Waals surface area contributed by atoms with Gasteiger partial charge in [-0.2, -0.15) is 0 Å². The van der Waals surface area contributed by atoms with Crippen molar-refractivity contribution in [2.24, 2.45) is 0 Å². The first-order chi connectivity index (χ1) is 8.97. The second-order valence-electron chi connectivity index (χ2n) is 4.98. The number of rotatable bonds is 7. The molecule has 2 rings (SSSR count). The molecule has 1 saturated carbocycles. The van der Waals surface area contributed by atoms with E-state index in [-0.39, 0.29) is 12.1 Å². The zero-order valence-corrected chi connectivity index (χ0v) is 11.8. The summed E-state index contributed by atoms with van der Waals surface area (Å²) in [5.74, 6) is 0. The summed E-state index contributed by atoms with van der Waals surface area (Å²) in [4.78, 5) is 0.292. The first-order valence-electron chi connectivity index (χ1n) is 6.52. The van der Waals surface area contributed by atoms with Gasteiger partial charge in [0, 0.05) is 18.3 Å². The summed E-state index contributed by atoms with van der Waals surface area (Å²) in [5, 5.41) is 12.3. The highest BCUT2D eigenvalue weighted by Crippen LogP contribution is 2.22. The SMILES string of the molecule is CC(O)CCNc1ccc(S(=O)(=O)NC2CC2)cc1. The molecular formula is C13H20N2O3S. The molecule has 0 heterocycles. The van der Waals surface area contributed by atoms with E-state index in [0.717, 1.165) is 18.5 Å². The number of nitrogens with one attached hydrogen (secondary N) is 2. The lowest BCUT2D eigenvalue weighted by Crippen LogP contribution is -2.25. The molecule has 0 spiro atoms. The molecule has 3 N–H and O–H groups in total. The van der Waals surface area contributed by atoms with E-state index in [1.165, 1.54) is 0 Å². The summed E-state index contributed by atoms with van der Waals surface area (Å²) in [5.41, 5.74) is 0.853. The van der Waals surface area contributed by atoms with Crippen molar-refractivity contribution >= 4 is 15.7 Å². The summed E-state index contributed by atoms with van der Waals surface area (Å²) < 4.78 is 26.5. The molecule has 1 aliphatic carbocycles. The van der Waals surface area contributed by atoms with Crippen LogP contribution in [0.5, 0.6) is 0 Å². The smallest absolute Gasteiger partial charge is 0.240 e. The monoisotopic (exact) mass is 284 g/mol. The molecule has 0 bridgehead atoms. The van der Waals surface area contributed by atoms with Crippen LogP contribution in [0.4, 0.5) is 5.69 Å². The van der Waals surface area contributed by atoms with Gasteiger partial charge in [-0.25, -0.2) is 13.1 Å². The minimum Gasteiger partial charge on any atom is -0.393 e. The van der Waals surface area contributed by atoms with Crippen LogP contribution in [0.25, 0.3) is 0 Å². The van der Waals surface area contributed by atoms with Gasteiger partial charge in [0.1, 0.15) is 0 Å². The standard InChI is InChI=1S/C13H20N2O3S/c1-10(16)8-9-14-11-4-6-13(7-5-11)19(17,18)15-12-2-3-12/h4-7,10,12,14-16H,2-3,8-9H2,1H3. The van der Waals surface area contributed by atoms with Gasteiger partial charge in [0.25, 0.3) is 0 Å². The van der Waals surface area contributed by atoms with E-state index in [0.29, 0.717) is 17.9 Å². The van der Waals surface area contributed by atoms with E-state index in [9.17, 15) is 8.42 Å². The Balaban J connectivity index is 1.93. The van der Waals surface area contributed by atoms with Gasteiger partial charge in [0.15, 0.2) is 0 Å². The quantitative estimate of drug-likeness (QED) is 0.705. The first-order valence-corrected chi connectivity index (χ1v) is 8.00. The van der Waals surface area contributed by atoms with Crippen molar-refractivity contribution in [3.63, 3.8) is 0 Å². The topological polar surface area (TPSA) is 78.4 Å². The normalized spacial score (nSPS) is 17.2. The van der Waals surface area contributed by atoms with Crippen LogP contribution in [0.1, 0.15) is 26.2 Å². The third kappa shape index (κ3) is 4.49. The highest BCUT2D eigenvalue weighted by Gasteiger charge is 2.27. The second kappa shape index (κ2) is 5.90. The van der Waals surface area contributed by atoms with Gasteiger partial charge in [-0.1, -0.05) is 0 Å². The number of benzene rings is 1. The minimum atomic E-state index is -3.37. The average molecular weight is 284 g/mol. The van der Waals surface area contributed by atoms with Crippen molar-refractivity contribution in [2.75, 3.05) is 11.9 Å². The predicted octanol–water partition coefficient (Wildman–Crippen LogP) is 1.31. The van der Waals surface area contributed by atoms with Crippen molar-refractivity contribution in [2.45, 2.75) is 43.2 Å². The average Bonchev–Trinajstić information content (AvgIpc) is 3.12. The number of aliphatic hydroxyl groups excluding tert-OH is 1. The molecule has 1 unspecified atom stereocenters. The predicted molar refractivity (Wildman–Crippen MR) is 74.6 cm³/mol. The fraction of sp³-hybridized carbons (Fsp3) is 0.538. The van der Waals surface area contributed by atoms with Crippen LogP contribution >= 0.6 is 0 Å². The van der Waals surface area contributed by atoms with Gasteiger partial charge in [-0.3, -0.25) is 0 Å². The zero-order chi connectivity index (χ0) is 13.9. The van der Waals surface area contributed by atoms with Crippen LogP contribution in [0.15, 0.2) is 29.2 Å². The molecule has 0 aliphatic heterocycles. The largest absolute Gasteiger partial charge is 0.393 e. The Morgan fingerprint density at radius 1 is 1.32 bits per heavy atom. The fourth-order valence-corrected chi connectivity index (χ4v) is 2.97. The number of aliphatic hydroxyl groups is 1. The summed E-state index contributed by atoms with van der Waals surface area (Å²) >= 11 is 0. The Morgan fingerprint density at radius 3 is 2.47 bits per heavy atom. The van der Waals surface area contributed by atoms with Gasteiger partial charge in [0.05, 0.1) is 11.0 Å². The Morgan fingerprint density at radius 2 is 1.95 bits per heavy atom. The van der Waals surface area contributed by atoms with E-state index in [1.54, 1.807) is 31.2 Å². The highest BCUT2D eigenvalue weighted by molar-refractivity contribution is 7.89. The molecule has 5 nitrogen and oxygen atoms in total. The third-order valence-corrected chi connectivity index (χ3v) is 4.49. The van der Waals surface area contributed by atoms with E-state index in [1.807, 2.05) is 0 Å². The van der Waals surface area contributed by atoms with Crippen LogP contribution < -0.4 is 10.0 Å². The Hall–Kier alpha value is -1.11. The maximum absolute atomic E-state index is 11.9. The molecule has 106 valence electrons. The lowest BCUT2D eigenvalue weighted by Gasteiger charge is -2.09. The van der Waals surface area contributed by atoms with Gasteiger partial charge in [-0.05, 0) is 50.5 Å². The van der Waals surface area contributed by atoms with E-state index >= 15 is 0 Å². The summed E-state index contributed by atoms with van der Waals surface area (Å²) in [7, 11) is -3.37. The molecule has 0 aromatic heterocycles. The maximum Gasteiger partial charge on any atom is 0.240 e.